The maximum absolute atomic E-state index is 12.2. The number of thiocarbonyl (C=S) groups is 1. The third-order valence-corrected chi connectivity index (χ3v) is 4.62. The second-order valence-electron chi connectivity index (χ2n) is 6.60. The molecular weight excluding hydrogens is 396 g/mol. The van der Waals surface area contributed by atoms with E-state index in [9.17, 15) is 4.79 Å². The summed E-state index contributed by atoms with van der Waals surface area (Å²) in [6.07, 6.45) is 1.94. The van der Waals surface area contributed by atoms with Crippen molar-refractivity contribution in [1.29, 1.82) is 0 Å². The highest BCUT2D eigenvalue weighted by Gasteiger charge is 2.08. The van der Waals surface area contributed by atoms with Gasteiger partial charge in [0, 0.05) is 11.3 Å². The molecule has 0 aromatic heterocycles. The fourth-order valence-electron chi connectivity index (χ4n) is 2.83. The van der Waals surface area contributed by atoms with E-state index in [0.29, 0.717) is 17.9 Å². The van der Waals surface area contributed by atoms with Crippen LogP contribution in [0.5, 0.6) is 11.5 Å². The molecule has 5 nitrogen and oxygen atoms in total. The number of nitrogens with one attached hydrogen (secondary N) is 2. The Morgan fingerprint density at radius 1 is 0.900 bits per heavy atom. The molecule has 0 saturated carbocycles. The first-order valence-corrected chi connectivity index (χ1v) is 10.1. The van der Waals surface area contributed by atoms with Crippen LogP contribution in [0.1, 0.15) is 22.3 Å². The molecule has 3 aromatic carbocycles. The number of carbonyl (C=O) groups is 1. The van der Waals surface area contributed by atoms with E-state index in [0.717, 1.165) is 24.3 Å². The topological polar surface area (TPSA) is 59.6 Å². The zero-order valence-corrected chi connectivity index (χ0v) is 17.6. The highest BCUT2D eigenvalue weighted by molar-refractivity contribution is 7.80. The van der Waals surface area contributed by atoms with Crippen LogP contribution in [0.15, 0.2) is 78.9 Å². The van der Waals surface area contributed by atoms with E-state index in [2.05, 4.69) is 22.8 Å². The summed E-state index contributed by atoms with van der Waals surface area (Å²) in [6, 6.07) is 24.6. The fourth-order valence-corrected chi connectivity index (χ4v) is 3.04. The minimum atomic E-state index is -0.284. The Morgan fingerprint density at radius 2 is 1.57 bits per heavy atom. The Kier molecular flexibility index (Phi) is 7.80. The van der Waals surface area contributed by atoms with Gasteiger partial charge in [-0.1, -0.05) is 30.3 Å². The quantitative estimate of drug-likeness (QED) is 0.404. The third-order valence-electron chi connectivity index (χ3n) is 4.41. The summed E-state index contributed by atoms with van der Waals surface area (Å²) in [4.78, 5) is 12.2. The Hall–Kier alpha value is -3.38. The Morgan fingerprint density at radius 3 is 2.23 bits per heavy atom. The molecule has 0 fully saturated rings. The number of methoxy groups -OCH3 is 1. The molecule has 0 spiro atoms. The molecule has 3 rings (SSSR count). The Balaban J connectivity index is 1.41. The number of anilines is 1. The van der Waals surface area contributed by atoms with Gasteiger partial charge in [0.25, 0.3) is 5.91 Å². The average molecular weight is 421 g/mol. The molecule has 154 valence electrons. The van der Waals surface area contributed by atoms with E-state index in [-0.39, 0.29) is 11.0 Å². The normalized spacial score (nSPS) is 10.2. The van der Waals surface area contributed by atoms with Crippen LogP contribution >= 0.6 is 12.2 Å². The van der Waals surface area contributed by atoms with Crippen molar-refractivity contribution in [3.05, 3.63) is 90.0 Å². The number of hydrogen-bond acceptors (Lipinski definition) is 4. The van der Waals surface area contributed by atoms with Crippen molar-refractivity contribution in [2.45, 2.75) is 12.8 Å². The molecule has 0 radical (unpaired) electrons. The van der Waals surface area contributed by atoms with Crippen molar-refractivity contribution in [3.8, 4) is 11.5 Å². The van der Waals surface area contributed by atoms with Gasteiger partial charge >= 0.3 is 0 Å². The molecule has 0 atom stereocenters. The lowest BCUT2D eigenvalue weighted by Gasteiger charge is -2.11. The molecule has 0 saturated heterocycles. The lowest BCUT2D eigenvalue weighted by Crippen LogP contribution is -2.34. The first kappa shape index (κ1) is 21.3. The van der Waals surface area contributed by atoms with Gasteiger partial charge in [-0.25, -0.2) is 0 Å². The van der Waals surface area contributed by atoms with Crippen LogP contribution in [0.4, 0.5) is 5.69 Å². The van der Waals surface area contributed by atoms with E-state index >= 15 is 0 Å². The molecule has 30 heavy (non-hydrogen) atoms. The predicted octanol–water partition coefficient (Wildman–Crippen LogP) is 4.83. The van der Waals surface area contributed by atoms with E-state index < -0.39 is 0 Å². The minimum Gasteiger partial charge on any atom is -0.497 e. The van der Waals surface area contributed by atoms with Gasteiger partial charge in [0.05, 0.1) is 13.7 Å². The second-order valence-corrected chi connectivity index (χ2v) is 7.01. The lowest BCUT2D eigenvalue weighted by atomic mass is 10.1. The van der Waals surface area contributed by atoms with Gasteiger partial charge in [0.2, 0.25) is 0 Å². The van der Waals surface area contributed by atoms with Crippen molar-refractivity contribution >= 4 is 28.9 Å². The minimum absolute atomic E-state index is 0.229. The van der Waals surface area contributed by atoms with Crippen LogP contribution in [0.3, 0.4) is 0 Å². The second kappa shape index (κ2) is 11.0. The largest absolute Gasteiger partial charge is 0.497 e. The van der Waals surface area contributed by atoms with Gasteiger partial charge in [-0.3, -0.25) is 10.1 Å². The van der Waals surface area contributed by atoms with E-state index in [1.165, 1.54) is 5.56 Å². The predicted molar refractivity (Wildman–Crippen MR) is 123 cm³/mol. The molecule has 0 aliphatic carbocycles. The standard InChI is InChI=1S/C24H24N2O3S/c1-28-21-13-9-19(10-14-21)23(27)26-24(30)25-20-11-15-22(16-12-20)29-17-5-8-18-6-3-2-4-7-18/h2-4,6-7,9-16H,5,8,17H2,1H3,(H2,25,26,27,30). The molecule has 1 amide bonds. The third kappa shape index (κ3) is 6.60. The van der Waals surface area contributed by atoms with E-state index in [1.54, 1.807) is 31.4 Å². The molecule has 6 heteroatoms. The summed E-state index contributed by atoms with van der Waals surface area (Å²) in [6.45, 7) is 0.651. The number of carbonyl (C=O) groups excluding carboxylic acids is 1. The molecule has 0 aliphatic heterocycles. The van der Waals surface area contributed by atoms with Crippen molar-refractivity contribution in [1.82, 2.24) is 5.32 Å². The summed E-state index contributed by atoms with van der Waals surface area (Å²) in [7, 11) is 1.58. The van der Waals surface area contributed by atoms with Crippen LogP contribution in [0.2, 0.25) is 0 Å². The average Bonchev–Trinajstić information content (AvgIpc) is 2.78. The summed E-state index contributed by atoms with van der Waals surface area (Å²) < 4.78 is 10.9. The maximum Gasteiger partial charge on any atom is 0.257 e. The summed E-state index contributed by atoms with van der Waals surface area (Å²) in [5.41, 5.74) is 2.58. The van der Waals surface area contributed by atoms with E-state index in [4.69, 9.17) is 21.7 Å². The lowest BCUT2D eigenvalue weighted by molar-refractivity contribution is 0.0977. The smallest absolute Gasteiger partial charge is 0.257 e. The number of rotatable bonds is 8. The summed E-state index contributed by atoms with van der Waals surface area (Å²) in [5.74, 6) is 1.20. The molecule has 0 unspecified atom stereocenters. The van der Waals surface area contributed by atoms with Crippen LogP contribution < -0.4 is 20.1 Å². The summed E-state index contributed by atoms with van der Waals surface area (Å²) >= 11 is 5.23. The summed E-state index contributed by atoms with van der Waals surface area (Å²) in [5, 5.41) is 5.89. The van der Waals surface area contributed by atoms with Gasteiger partial charge in [0.15, 0.2) is 5.11 Å². The number of aryl methyl sites for hydroxylation is 1. The first-order chi connectivity index (χ1) is 14.6. The zero-order valence-electron chi connectivity index (χ0n) is 16.8. The van der Waals surface area contributed by atoms with Crippen molar-refractivity contribution in [2.75, 3.05) is 19.0 Å². The van der Waals surface area contributed by atoms with Crippen molar-refractivity contribution < 1.29 is 14.3 Å². The molecule has 0 aliphatic rings. The van der Waals surface area contributed by atoms with Crippen molar-refractivity contribution in [3.63, 3.8) is 0 Å². The fraction of sp³-hybridized carbons (Fsp3) is 0.167. The first-order valence-electron chi connectivity index (χ1n) is 9.67. The van der Waals surface area contributed by atoms with E-state index in [1.807, 2.05) is 42.5 Å². The van der Waals surface area contributed by atoms with Gasteiger partial charge in [0.1, 0.15) is 11.5 Å². The van der Waals surface area contributed by atoms with Crippen molar-refractivity contribution in [2.24, 2.45) is 0 Å². The van der Waals surface area contributed by atoms with Gasteiger partial charge in [-0.15, -0.1) is 0 Å². The highest BCUT2D eigenvalue weighted by Crippen LogP contribution is 2.16. The van der Waals surface area contributed by atoms with Crippen LogP contribution in [0, 0.1) is 0 Å². The Bertz CT molecular complexity index is 958. The number of benzene rings is 3. The van der Waals surface area contributed by atoms with Gasteiger partial charge < -0.3 is 14.8 Å². The zero-order chi connectivity index (χ0) is 21.2. The number of ether oxygens (including phenoxy) is 2. The van der Waals surface area contributed by atoms with Crippen LogP contribution in [-0.4, -0.2) is 24.7 Å². The van der Waals surface area contributed by atoms with Gasteiger partial charge in [-0.2, -0.15) is 0 Å². The number of hydrogen-bond donors (Lipinski definition) is 2. The SMILES string of the molecule is COc1ccc(C(=O)NC(=S)Nc2ccc(OCCCc3ccccc3)cc2)cc1. The Labute approximate surface area is 182 Å². The monoisotopic (exact) mass is 420 g/mol. The molecule has 3 aromatic rings. The highest BCUT2D eigenvalue weighted by atomic mass is 32.1. The molecule has 2 N–H and O–H groups in total. The molecule has 0 heterocycles. The maximum atomic E-state index is 12.2. The van der Waals surface area contributed by atoms with Crippen LogP contribution in [0.25, 0.3) is 0 Å². The van der Waals surface area contributed by atoms with Crippen LogP contribution in [-0.2, 0) is 6.42 Å². The molecular formula is C24H24N2O3S. The number of amides is 1. The molecule has 0 bridgehead atoms. The van der Waals surface area contributed by atoms with Gasteiger partial charge in [-0.05, 0) is 79.2 Å².